The molecule has 29 heavy (non-hydrogen) atoms. The van der Waals surface area contributed by atoms with Crippen LogP contribution in [-0.2, 0) is 17.6 Å². The summed E-state index contributed by atoms with van der Waals surface area (Å²) in [5, 5.41) is 11.1. The molecule has 1 N–H and O–H groups in total. The van der Waals surface area contributed by atoms with E-state index in [4.69, 9.17) is 28.2 Å². The lowest BCUT2D eigenvalue weighted by Crippen LogP contribution is -2.23. The Labute approximate surface area is 179 Å². The fourth-order valence-corrected chi connectivity index (χ4v) is 3.98. The quantitative estimate of drug-likeness (QED) is 0.597. The first-order valence-corrected chi connectivity index (χ1v) is 10.1. The maximum absolute atomic E-state index is 13.1. The SMILES string of the molecule is Cc1cc(C2=N[C@H](Cc3ccccc3Cl)C(=O)Cc3ccc(Cl)cc32)ccc1O. The van der Waals surface area contributed by atoms with Crippen molar-refractivity contribution >= 4 is 34.7 Å². The van der Waals surface area contributed by atoms with E-state index in [-0.39, 0.29) is 18.0 Å². The normalized spacial score (nSPS) is 16.2. The number of Topliss-reactive ketones (excluding diaryl/α,β-unsaturated/α-hetero) is 1. The molecule has 0 aromatic heterocycles. The lowest BCUT2D eigenvalue weighted by molar-refractivity contribution is -0.119. The van der Waals surface area contributed by atoms with Crippen molar-refractivity contribution < 1.29 is 9.90 Å². The molecule has 0 unspecified atom stereocenters. The fourth-order valence-electron chi connectivity index (χ4n) is 3.59. The van der Waals surface area contributed by atoms with Gasteiger partial charge in [0, 0.05) is 34.0 Å². The first-order chi connectivity index (χ1) is 13.9. The highest BCUT2D eigenvalue weighted by Crippen LogP contribution is 2.28. The molecule has 1 atom stereocenters. The van der Waals surface area contributed by atoms with Crippen LogP contribution < -0.4 is 0 Å². The van der Waals surface area contributed by atoms with Gasteiger partial charge < -0.3 is 5.11 Å². The number of nitrogens with zero attached hydrogens (tertiary/aromatic N) is 1. The first kappa shape index (κ1) is 19.7. The summed E-state index contributed by atoms with van der Waals surface area (Å²) in [5.41, 5.74) is 4.91. The molecule has 0 fully saturated rings. The Balaban J connectivity index is 1.86. The van der Waals surface area contributed by atoms with Gasteiger partial charge in [-0.1, -0.05) is 47.5 Å². The van der Waals surface area contributed by atoms with Gasteiger partial charge in [-0.3, -0.25) is 9.79 Å². The molecule has 0 radical (unpaired) electrons. The van der Waals surface area contributed by atoms with Crippen LogP contribution in [0.4, 0.5) is 0 Å². The molecule has 5 heteroatoms. The van der Waals surface area contributed by atoms with Gasteiger partial charge in [-0.2, -0.15) is 0 Å². The molecule has 0 bridgehead atoms. The highest BCUT2D eigenvalue weighted by molar-refractivity contribution is 6.32. The molecule has 0 aliphatic carbocycles. The average molecular weight is 424 g/mol. The average Bonchev–Trinajstić information content (AvgIpc) is 2.82. The number of carbonyl (C=O) groups is 1. The molecular weight excluding hydrogens is 405 g/mol. The Morgan fingerprint density at radius 2 is 1.86 bits per heavy atom. The summed E-state index contributed by atoms with van der Waals surface area (Å²) < 4.78 is 0. The summed E-state index contributed by atoms with van der Waals surface area (Å²) in [7, 11) is 0. The molecule has 1 heterocycles. The van der Waals surface area contributed by atoms with E-state index >= 15 is 0 Å². The fraction of sp³-hybridized carbons (Fsp3) is 0.167. The number of phenols is 1. The summed E-state index contributed by atoms with van der Waals surface area (Å²) in [6, 6.07) is 17.8. The number of carbonyl (C=O) groups excluding carboxylic acids is 1. The molecule has 3 aromatic rings. The summed E-state index contributed by atoms with van der Waals surface area (Å²) in [6.07, 6.45) is 0.715. The van der Waals surface area contributed by atoms with Crippen LogP contribution in [0, 0.1) is 6.92 Å². The van der Waals surface area contributed by atoms with Crippen LogP contribution in [0.2, 0.25) is 10.0 Å². The van der Waals surface area contributed by atoms with E-state index in [2.05, 4.69) is 0 Å². The number of halogens is 2. The van der Waals surface area contributed by atoms with Crippen molar-refractivity contribution in [1.29, 1.82) is 0 Å². The standard InChI is InChI=1S/C24H19Cl2NO2/c1-14-10-17(7-9-22(14)28)24-19-13-18(25)8-6-15(19)12-23(29)21(27-24)11-16-4-2-3-5-20(16)26/h2-10,13,21,28H,11-12H2,1H3/t21-/m1/s1. The van der Waals surface area contributed by atoms with Crippen molar-refractivity contribution in [3.05, 3.63) is 98.5 Å². The Bertz CT molecular complexity index is 1140. The first-order valence-electron chi connectivity index (χ1n) is 9.35. The van der Waals surface area contributed by atoms with Gasteiger partial charge in [-0.25, -0.2) is 0 Å². The van der Waals surface area contributed by atoms with Crippen molar-refractivity contribution in [2.24, 2.45) is 4.99 Å². The molecular formula is C24H19Cl2NO2. The van der Waals surface area contributed by atoms with E-state index in [0.717, 1.165) is 27.8 Å². The number of aliphatic imine (C=N–C) groups is 1. The van der Waals surface area contributed by atoms with Gasteiger partial charge in [0.15, 0.2) is 5.78 Å². The smallest absolute Gasteiger partial charge is 0.162 e. The Morgan fingerprint density at radius 1 is 1.07 bits per heavy atom. The molecule has 146 valence electrons. The maximum Gasteiger partial charge on any atom is 0.162 e. The summed E-state index contributed by atoms with van der Waals surface area (Å²) in [5.74, 6) is 0.261. The topological polar surface area (TPSA) is 49.7 Å². The molecule has 1 aliphatic rings. The predicted octanol–water partition coefficient (Wildman–Crippen LogP) is 5.58. The van der Waals surface area contributed by atoms with E-state index in [9.17, 15) is 9.90 Å². The zero-order chi connectivity index (χ0) is 20.5. The second-order valence-electron chi connectivity index (χ2n) is 7.23. The predicted molar refractivity (Wildman–Crippen MR) is 118 cm³/mol. The van der Waals surface area contributed by atoms with Crippen LogP contribution in [0.25, 0.3) is 0 Å². The molecule has 3 nitrogen and oxygen atoms in total. The summed E-state index contributed by atoms with van der Waals surface area (Å²) in [6.45, 7) is 1.83. The zero-order valence-electron chi connectivity index (χ0n) is 15.8. The van der Waals surface area contributed by atoms with Gasteiger partial charge in [0.05, 0.1) is 5.71 Å². The zero-order valence-corrected chi connectivity index (χ0v) is 17.3. The van der Waals surface area contributed by atoms with Gasteiger partial charge in [0.2, 0.25) is 0 Å². The van der Waals surface area contributed by atoms with Crippen LogP contribution in [0.1, 0.15) is 27.8 Å². The van der Waals surface area contributed by atoms with Gasteiger partial charge in [0.1, 0.15) is 11.8 Å². The van der Waals surface area contributed by atoms with Crippen LogP contribution >= 0.6 is 23.2 Å². The largest absolute Gasteiger partial charge is 0.508 e. The third-order valence-electron chi connectivity index (χ3n) is 5.19. The Kier molecular flexibility index (Phi) is 5.44. The van der Waals surface area contributed by atoms with Crippen molar-refractivity contribution in [3.63, 3.8) is 0 Å². The Morgan fingerprint density at radius 3 is 2.62 bits per heavy atom. The summed E-state index contributed by atoms with van der Waals surface area (Å²) >= 11 is 12.6. The third kappa shape index (κ3) is 4.07. The minimum atomic E-state index is -0.551. The van der Waals surface area contributed by atoms with Gasteiger partial charge in [0.25, 0.3) is 0 Å². The van der Waals surface area contributed by atoms with Crippen LogP contribution in [0.15, 0.2) is 65.7 Å². The molecule has 0 saturated carbocycles. The maximum atomic E-state index is 13.1. The molecule has 3 aromatic carbocycles. The number of rotatable bonds is 3. The minimum Gasteiger partial charge on any atom is -0.508 e. The number of benzene rings is 3. The summed E-state index contributed by atoms with van der Waals surface area (Å²) in [4.78, 5) is 17.9. The van der Waals surface area contributed by atoms with Crippen LogP contribution in [0.5, 0.6) is 5.75 Å². The molecule has 1 aliphatic heterocycles. The second-order valence-corrected chi connectivity index (χ2v) is 8.08. The highest BCUT2D eigenvalue weighted by atomic mass is 35.5. The lowest BCUT2D eigenvalue weighted by atomic mass is 9.94. The number of hydrogen-bond acceptors (Lipinski definition) is 3. The molecule has 0 amide bonds. The second kappa shape index (κ2) is 8.02. The highest BCUT2D eigenvalue weighted by Gasteiger charge is 2.27. The van der Waals surface area contributed by atoms with Crippen molar-refractivity contribution in [3.8, 4) is 5.75 Å². The third-order valence-corrected chi connectivity index (χ3v) is 5.79. The van der Waals surface area contributed by atoms with Crippen LogP contribution in [0.3, 0.4) is 0 Å². The number of aryl methyl sites for hydroxylation is 1. The van der Waals surface area contributed by atoms with Crippen molar-refractivity contribution in [1.82, 2.24) is 0 Å². The number of phenolic OH excluding ortho intramolecular Hbond substituents is 1. The van der Waals surface area contributed by atoms with Gasteiger partial charge in [-0.15, -0.1) is 0 Å². The van der Waals surface area contributed by atoms with E-state index in [1.807, 2.05) is 55.5 Å². The molecule has 0 saturated heterocycles. The minimum absolute atomic E-state index is 0.0407. The van der Waals surface area contributed by atoms with Gasteiger partial charge in [-0.05, 0) is 60.0 Å². The lowest BCUT2D eigenvalue weighted by Gasteiger charge is -2.13. The van der Waals surface area contributed by atoms with E-state index in [1.54, 1.807) is 12.1 Å². The molecule has 4 rings (SSSR count). The van der Waals surface area contributed by atoms with E-state index in [0.29, 0.717) is 22.2 Å². The number of ketones is 1. The van der Waals surface area contributed by atoms with E-state index in [1.165, 1.54) is 0 Å². The molecule has 0 spiro atoms. The monoisotopic (exact) mass is 423 g/mol. The Hall–Kier alpha value is -2.62. The van der Waals surface area contributed by atoms with E-state index < -0.39 is 6.04 Å². The van der Waals surface area contributed by atoms with Crippen LogP contribution in [-0.4, -0.2) is 22.6 Å². The van der Waals surface area contributed by atoms with Crippen molar-refractivity contribution in [2.75, 3.05) is 0 Å². The number of fused-ring (bicyclic) bond motifs is 1. The van der Waals surface area contributed by atoms with Gasteiger partial charge >= 0.3 is 0 Å². The van der Waals surface area contributed by atoms with Crippen molar-refractivity contribution in [2.45, 2.75) is 25.8 Å². The number of hydrogen-bond donors (Lipinski definition) is 1. The number of aromatic hydroxyl groups is 1.